The highest BCUT2D eigenvalue weighted by Gasteiger charge is 2.17. The van der Waals surface area contributed by atoms with Crippen molar-refractivity contribution in [1.82, 2.24) is 4.90 Å². The summed E-state index contributed by atoms with van der Waals surface area (Å²) in [5.41, 5.74) is 0.497. The highest BCUT2D eigenvalue weighted by atomic mass is 35.5. The van der Waals surface area contributed by atoms with Crippen molar-refractivity contribution < 1.29 is 14.8 Å². The topological polar surface area (TPSA) is 60.8 Å². The summed E-state index contributed by atoms with van der Waals surface area (Å²) in [4.78, 5) is 13.0. The Balaban J connectivity index is 0. The van der Waals surface area contributed by atoms with Gasteiger partial charge in [0.05, 0.1) is 10.6 Å². The third-order valence-corrected chi connectivity index (χ3v) is 2.25. The monoisotopic (exact) mass is 283 g/mol. The minimum Gasteiger partial charge on any atom is -0.423 e. The fraction of sp³-hybridized carbons (Fsp3) is 0.154. The number of amides is 1. The second-order valence-corrected chi connectivity index (χ2v) is 3.72. The Kier molecular flexibility index (Phi) is 10.8. The van der Waals surface area contributed by atoms with E-state index in [1.165, 1.54) is 23.1 Å². The van der Waals surface area contributed by atoms with Gasteiger partial charge < -0.3 is 14.9 Å². The van der Waals surface area contributed by atoms with Crippen LogP contribution in [0, 0.1) is 0 Å². The fourth-order valence-electron chi connectivity index (χ4n) is 1.11. The Morgan fingerprint density at radius 1 is 1.21 bits per heavy atom. The van der Waals surface area contributed by atoms with Crippen molar-refractivity contribution >= 4 is 30.1 Å². The summed E-state index contributed by atoms with van der Waals surface area (Å²) >= 11 is 5.83. The Bertz CT molecular complexity index is 409. The van der Waals surface area contributed by atoms with Crippen LogP contribution < -0.4 is 5.46 Å². The molecule has 0 aliphatic rings. The van der Waals surface area contributed by atoms with Gasteiger partial charge in [0.2, 0.25) is 0 Å². The average Bonchev–Trinajstić information content (AvgIpc) is 2.42. The van der Waals surface area contributed by atoms with Gasteiger partial charge in [-0.05, 0) is 17.6 Å². The van der Waals surface area contributed by atoms with Gasteiger partial charge in [0.1, 0.15) is 0 Å². The van der Waals surface area contributed by atoms with Crippen LogP contribution in [0.2, 0.25) is 5.02 Å². The summed E-state index contributed by atoms with van der Waals surface area (Å²) in [6, 6.07) is 4.29. The third-order valence-electron chi connectivity index (χ3n) is 1.93. The van der Waals surface area contributed by atoms with Crippen LogP contribution in [0.15, 0.2) is 44.5 Å². The van der Waals surface area contributed by atoms with Crippen molar-refractivity contribution in [2.45, 2.75) is 0 Å². The third kappa shape index (κ3) is 6.24. The van der Waals surface area contributed by atoms with Gasteiger partial charge in [0.15, 0.2) is 0 Å². The van der Waals surface area contributed by atoms with E-state index < -0.39 is 7.12 Å². The molecule has 0 spiro atoms. The van der Waals surface area contributed by atoms with E-state index in [4.69, 9.17) is 21.6 Å². The van der Waals surface area contributed by atoms with Gasteiger partial charge in [-0.2, -0.15) is 0 Å². The molecular weight excluding hydrogens is 264 g/mol. The maximum absolute atomic E-state index is 11.6. The van der Waals surface area contributed by atoms with Gasteiger partial charge in [-0.1, -0.05) is 17.7 Å². The molecule has 4 nitrogen and oxygen atoms in total. The van der Waals surface area contributed by atoms with Crippen molar-refractivity contribution in [3.63, 3.8) is 0 Å². The van der Waals surface area contributed by atoms with Crippen molar-refractivity contribution in [3.8, 4) is 0 Å². The van der Waals surface area contributed by atoms with Gasteiger partial charge >= 0.3 is 7.12 Å². The molecular formula is C13H19BClNO3. The average molecular weight is 284 g/mol. The van der Waals surface area contributed by atoms with Crippen molar-refractivity contribution in [2.75, 3.05) is 14.1 Å². The van der Waals surface area contributed by atoms with Gasteiger partial charge in [0, 0.05) is 14.1 Å². The van der Waals surface area contributed by atoms with Gasteiger partial charge in [-0.15, -0.1) is 26.3 Å². The van der Waals surface area contributed by atoms with Crippen LogP contribution in [-0.4, -0.2) is 42.1 Å². The summed E-state index contributed by atoms with van der Waals surface area (Å²) in [7, 11) is 1.59. The highest BCUT2D eigenvalue weighted by molar-refractivity contribution is 6.58. The molecule has 0 bridgehead atoms. The quantitative estimate of drug-likeness (QED) is 0.636. The predicted octanol–water partition coefficient (Wildman–Crippen LogP) is 1.33. The van der Waals surface area contributed by atoms with Crippen molar-refractivity contribution in [2.24, 2.45) is 0 Å². The molecule has 0 aliphatic carbocycles. The zero-order chi connectivity index (χ0) is 15.6. The molecule has 2 N–H and O–H groups in total. The molecule has 1 rings (SSSR count). The molecule has 0 fully saturated rings. The number of benzene rings is 1. The van der Waals surface area contributed by atoms with E-state index in [2.05, 4.69) is 26.3 Å². The van der Waals surface area contributed by atoms with Gasteiger partial charge in [-0.25, -0.2) is 0 Å². The molecule has 0 aromatic heterocycles. The Morgan fingerprint density at radius 2 is 1.68 bits per heavy atom. The van der Waals surface area contributed by atoms with Crippen LogP contribution in [0.3, 0.4) is 0 Å². The lowest BCUT2D eigenvalue weighted by atomic mass is 9.79. The van der Waals surface area contributed by atoms with Gasteiger partial charge in [-0.3, -0.25) is 4.79 Å². The minimum absolute atomic E-state index is 0.240. The standard InChI is InChI=1S/C9H11BClNO3.2C2H4/c1-12(2)9(13)7-5-6(10(14)15)3-4-8(7)11;2*1-2/h3-5,14-15H,1-2H3;2*1-2H2. The zero-order valence-corrected chi connectivity index (χ0v) is 12.0. The molecule has 0 aliphatic heterocycles. The molecule has 0 unspecified atom stereocenters. The molecule has 0 atom stereocenters. The normalized spacial score (nSPS) is 8.26. The van der Waals surface area contributed by atoms with Crippen LogP contribution >= 0.6 is 11.6 Å². The lowest BCUT2D eigenvalue weighted by Crippen LogP contribution is -2.31. The summed E-state index contributed by atoms with van der Waals surface area (Å²) in [5, 5.41) is 18.2. The Labute approximate surface area is 119 Å². The number of carbonyl (C=O) groups excluding carboxylic acids is 1. The van der Waals surface area contributed by atoms with E-state index in [0.717, 1.165) is 0 Å². The molecule has 0 heterocycles. The van der Waals surface area contributed by atoms with Crippen molar-refractivity contribution in [3.05, 3.63) is 55.1 Å². The van der Waals surface area contributed by atoms with Crippen molar-refractivity contribution in [1.29, 1.82) is 0 Å². The van der Waals surface area contributed by atoms with Crippen LogP contribution in [0.4, 0.5) is 0 Å². The Morgan fingerprint density at radius 3 is 2.05 bits per heavy atom. The lowest BCUT2D eigenvalue weighted by molar-refractivity contribution is 0.0828. The molecule has 1 aromatic rings. The molecule has 6 heteroatoms. The number of nitrogens with zero attached hydrogens (tertiary/aromatic N) is 1. The Hall–Kier alpha value is -1.56. The molecule has 1 amide bonds. The first-order chi connectivity index (χ1) is 8.93. The summed E-state index contributed by atoms with van der Waals surface area (Å²) < 4.78 is 0. The van der Waals surface area contributed by atoms with E-state index in [1.807, 2.05) is 0 Å². The molecule has 19 heavy (non-hydrogen) atoms. The first kappa shape index (κ1) is 19.8. The van der Waals surface area contributed by atoms with Crippen LogP contribution in [0.25, 0.3) is 0 Å². The fourth-order valence-corrected chi connectivity index (χ4v) is 1.31. The smallest absolute Gasteiger partial charge is 0.423 e. The first-order valence-electron chi connectivity index (χ1n) is 5.30. The molecule has 0 saturated heterocycles. The summed E-state index contributed by atoms with van der Waals surface area (Å²) in [6.45, 7) is 12.0. The maximum Gasteiger partial charge on any atom is 0.488 e. The van der Waals surface area contributed by atoms with E-state index in [0.29, 0.717) is 0 Å². The number of hydrogen-bond acceptors (Lipinski definition) is 3. The highest BCUT2D eigenvalue weighted by Crippen LogP contribution is 2.15. The largest absolute Gasteiger partial charge is 0.488 e. The molecule has 0 radical (unpaired) electrons. The number of carbonyl (C=O) groups is 1. The minimum atomic E-state index is -1.60. The molecule has 1 aromatic carbocycles. The zero-order valence-electron chi connectivity index (χ0n) is 11.3. The van der Waals surface area contributed by atoms with E-state index >= 15 is 0 Å². The van der Waals surface area contributed by atoms with Gasteiger partial charge in [0.25, 0.3) is 5.91 Å². The maximum atomic E-state index is 11.6. The lowest BCUT2D eigenvalue weighted by Gasteiger charge is -2.12. The van der Waals surface area contributed by atoms with Crippen LogP contribution in [0.5, 0.6) is 0 Å². The second-order valence-electron chi connectivity index (χ2n) is 3.31. The predicted molar refractivity (Wildman–Crippen MR) is 81.8 cm³/mol. The summed E-state index contributed by atoms with van der Waals surface area (Å²) in [5.74, 6) is -0.275. The van der Waals surface area contributed by atoms with E-state index in [1.54, 1.807) is 14.1 Å². The molecule has 104 valence electrons. The van der Waals surface area contributed by atoms with Crippen LogP contribution in [-0.2, 0) is 0 Å². The number of rotatable bonds is 2. The number of hydrogen-bond donors (Lipinski definition) is 2. The first-order valence-corrected chi connectivity index (χ1v) is 5.68. The van der Waals surface area contributed by atoms with E-state index in [-0.39, 0.29) is 22.0 Å². The summed E-state index contributed by atoms with van der Waals surface area (Å²) in [6.07, 6.45) is 0. The second kappa shape index (κ2) is 10.4. The van der Waals surface area contributed by atoms with E-state index in [9.17, 15) is 4.79 Å². The SMILES string of the molecule is C=C.C=C.CN(C)C(=O)c1cc(B(O)O)ccc1Cl. The molecule has 0 saturated carbocycles. The number of halogens is 1. The van der Waals surface area contributed by atoms with Crippen LogP contribution in [0.1, 0.15) is 10.4 Å².